The lowest BCUT2D eigenvalue weighted by molar-refractivity contribution is 0.338. The van der Waals surface area contributed by atoms with E-state index in [1.165, 1.54) is 0 Å². The number of hydrogen-bond acceptors (Lipinski definition) is 1. The first-order chi connectivity index (χ1) is 5.24. The monoisotopic (exact) mass is 170 g/mol. The van der Waals surface area contributed by atoms with Gasteiger partial charge in [0.1, 0.15) is 5.75 Å². The van der Waals surface area contributed by atoms with Crippen molar-refractivity contribution in [2.24, 2.45) is 0 Å². The Hall–Kier alpha value is -0.690. The van der Waals surface area contributed by atoms with Crippen molar-refractivity contribution in [1.82, 2.24) is 0 Å². The summed E-state index contributed by atoms with van der Waals surface area (Å²) in [6, 6.07) is 5.62. The highest BCUT2D eigenvalue weighted by atomic mass is 35.5. The Morgan fingerprint density at radius 3 is 2.73 bits per heavy atom. The molecule has 0 unspecified atom stereocenters. The fourth-order valence-electron chi connectivity index (χ4n) is 0.930. The number of ether oxygens (including phenoxy) is 1. The zero-order chi connectivity index (χ0) is 8.27. The maximum Gasteiger partial charge on any atom is 0.122 e. The van der Waals surface area contributed by atoms with Crippen LogP contribution in [0.25, 0.3) is 0 Å². The van der Waals surface area contributed by atoms with Crippen LogP contribution in [0.2, 0.25) is 5.02 Å². The van der Waals surface area contributed by atoms with Gasteiger partial charge in [0.15, 0.2) is 0 Å². The first-order valence-corrected chi connectivity index (χ1v) is 4.00. The maximum atomic E-state index is 5.76. The van der Waals surface area contributed by atoms with Crippen molar-refractivity contribution in [2.75, 3.05) is 6.61 Å². The summed E-state index contributed by atoms with van der Waals surface area (Å²) in [4.78, 5) is 0. The van der Waals surface area contributed by atoms with Crippen LogP contribution >= 0.6 is 11.6 Å². The van der Waals surface area contributed by atoms with Gasteiger partial charge in [0.2, 0.25) is 0 Å². The molecule has 1 aromatic rings. The third-order valence-electron chi connectivity index (χ3n) is 1.44. The molecule has 0 saturated heterocycles. The molecule has 60 valence electrons. The van der Waals surface area contributed by atoms with Crippen LogP contribution in [-0.2, 0) is 0 Å². The number of hydrogen-bond donors (Lipinski definition) is 0. The van der Waals surface area contributed by atoms with Gasteiger partial charge < -0.3 is 4.74 Å². The highest BCUT2D eigenvalue weighted by Gasteiger charge is 1.97. The summed E-state index contributed by atoms with van der Waals surface area (Å²) in [6.45, 7) is 4.65. The predicted molar refractivity (Wildman–Crippen MR) is 47.4 cm³/mol. The number of benzene rings is 1. The minimum Gasteiger partial charge on any atom is -0.494 e. The minimum atomic E-state index is 0.697. The van der Waals surface area contributed by atoms with Crippen molar-refractivity contribution < 1.29 is 4.74 Å². The van der Waals surface area contributed by atoms with E-state index in [9.17, 15) is 0 Å². The quantitative estimate of drug-likeness (QED) is 0.663. The van der Waals surface area contributed by atoms with E-state index in [4.69, 9.17) is 16.3 Å². The molecule has 2 heteroatoms. The molecule has 0 aliphatic carbocycles. The molecule has 0 saturated carbocycles. The molecule has 0 aromatic heterocycles. The molecule has 0 bridgehead atoms. The molecule has 0 aliphatic heterocycles. The van der Waals surface area contributed by atoms with Gasteiger partial charge in [-0.1, -0.05) is 11.6 Å². The van der Waals surface area contributed by atoms with Gasteiger partial charge in [-0.15, -0.1) is 0 Å². The zero-order valence-electron chi connectivity index (χ0n) is 6.73. The Kier molecular flexibility index (Phi) is 2.77. The van der Waals surface area contributed by atoms with Crippen molar-refractivity contribution in [1.29, 1.82) is 0 Å². The first kappa shape index (κ1) is 8.41. The van der Waals surface area contributed by atoms with Gasteiger partial charge in [-0.2, -0.15) is 0 Å². The SMILES string of the molecule is CCOc1ccc(Cl)cc1C. The van der Waals surface area contributed by atoms with Gasteiger partial charge in [-0.25, -0.2) is 0 Å². The van der Waals surface area contributed by atoms with Crippen molar-refractivity contribution in [3.05, 3.63) is 28.8 Å². The summed E-state index contributed by atoms with van der Waals surface area (Å²) in [6.07, 6.45) is 0. The van der Waals surface area contributed by atoms with E-state index in [2.05, 4.69) is 0 Å². The topological polar surface area (TPSA) is 9.23 Å². The Labute approximate surface area is 71.9 Å². The molecule has 0 atom stereocenters. The Morgan fingerprint density at radius 1 is 1.45 bits per heavy atom. The van der Waals surface area contributed by atoms with E-state index in [-0.39, 0.29) is 0 Å². The molecular weight excluding hydrogens is 160 g/mol. The average molecular weight is 171 g/mol. The average Bonchev–Trinajstić information content (AvgIpc) is 1.95. The van der Waals surface area contributed by atoms with Gasteiger partial charge in [-0.3, -0.25) is 0 Å². The summed E-state index contributed by atoms with van der Waals surface area (Å²) >= 11 is 5.76. The summed E-state index contributed by atoms with van der Waals surface area (Å²) in [5.74, 6) is 0.914. The highest BCUT2D eigenvalue weighted by Crippen LogP contribution is 2.21. The van der Waals surface area contributed by atoms with Crippen LogP contribution < -0.4 is 4.74 Å². The number of halogens is 1. The third-order valence-corrected chi connectivity index (χ3v) is 1.67. The Morgan fingerprint density at radius 2 is 2.18 bits per heavy atom. The van der Waals surface area contributed by atoms with Crippen LogP contribution in [0.3, 0.4) is 0 Å². The fourth-order valence-corrected chi connectivity index (χ4v) is 1.16. The molecule has 0 spiro atoms. The van der Waals surface area contributed by atoms with Crippen LogP contribution in [0.4, 0.5) is 0 Å². The minimum absolute atomic E-state index is 0.697. The summed E-state index contributed by atoms with van der Waals surface area (Å²) in [5.41, 5.74) is 1.08. The highest BCUT2D eigenvalue weighted by molar-refractivity contribution is 6.30. The van der Waals surface area contributed by atoms with Crippen molar-refractivity contribution in [2.45, 2.75) is 13.8 Å². The molecule has 0 N–H and O–H groups in total. The van der Waals surface area contributed by atoms with Gasteiger partial charge in [-0.05, 0) is 37.6 Å². The van der Waals surface area contributed by atoms with E-state index in [0.29, 0.717) is 6.61 Å². The lowest BCUT2D eigenvalue weighted by Crippen LogP contribution is -1.92. The van der Waals surface area contributed by atoms with Crippen molar-refractivity contribution >= 4 is 11.6 Å². The van der Waals surface area contributed by atoms with Crippen LogP contribution in [-0.4, -0.2) is 6.61 Å². The standard InChI is InChI=1S/C9H11ClO/c1-3-11-9-5-4-8(10)6-7(9)2/h4-6H,3H2,1-2H3. The van der Waals surface area contributed by atoms with Crippen LogP contribution in [0.15, 0.2) is 18.2 Å². The second-order valence-corrected chi connectivity index (χ2v) is 2.78. The summed E-state index contributed by atoms with van der Waals surface area (Å²) < 4.78 is 5.33. The molecule has 1 rings (SSSR count). The van der Waals surface area contributed by atoms with Gasteiger partial charge in [0.25, 0.3) is 0 Å². The second kappa shape index (κ2) is 3.63. The second-order valence-electron chi connectivity index (χ2n) is 2.34. The summed E-state index contributed by atoms with van der Waals surface area (Å²) in [7, 11) is 0. The fraction of sp³-hybridized carbons (Fsp3) is 0.333. The molecular formula is C9H11ClO. The lowest BCUT2D eigenvalue weighted by Gasteiger charge is -2.05. The van der Waals surface area contributed by atoms with Crippen molar-refractivity contribution in [3.63, 3.8) is 0 Å². The molecule has 1 nitrogen and oxygen atoms in total. The van der Waals surface area contributed by atoms with E-state index >= 15 is 0 Å². The van der Waals surface area contributed by atoms with Crippen LogP contribution in [0.5, 0.6) is 5.75 Å². The molecule has 0 aliphatic rings. The lowest BCUT2D eigenvalue weighted by atomic mass is 10.2. The first-order valence-electron chi connectivity index (χ1n) is 3.63. The molecule has 1 aromatic carbocycles. The van der Waals surface area contributed by atoms with Crippen LogP contribution in [0.1, 0.15) is 12.5 Å². The largest absolute Gasteiger partial charge is 0.494 e. The van der Waals surface area contributed by atoms with E-state index in [1.807, 2.05) is 32.0 Å². The Bertz CT molecular complexity index is 245. The van der Waals surface area contributed by atoms with Gasteiger partial charge in [0, 0.05) is 5.02 Å². The van der Waals surface area contributed by atoms with E-state index < -0.39 is 0 Å². The van der Waals surface area contributed by atoms with Crippen molar-refractivity contribution in [3.8, 4) is 5.75 Å². The molecule has 11 heavy (non-hydrogen) atoms. The summed E-state index contributed by atoms with van der Waals surface area (Å²) in [5, 5.41) is 0.756. The van der Waals surface area contributed by atoms with Gasteiger partial charge >= 0.3 is 0 Å². The van der Waals surface area contributed by atoms with Gasteiger partial charge in [0.05, 0.1) is 6.61 Å². The Balaban J connectivity index is 2.90. The predicted octanol–water partition coefficient (Wildman–Crippen LogP) is 3.05. The van der Waals surface area contributed by atoms with E-state index in [1.54, 1.807) is 0 Å². The zero-order valence-corrected chi connectivity index (χ0v) is 7.48. The number of aryl methyl sites for hydroxylation is 1. The normalized spacial score (nSPS) is 9.73. The van der Waals surface area contributed by atoms with Crippen LogP contribution in [0, 0.1) is 6.92 Å². The molecule has 0 heterocycles. The smallest absolute Gasteiger partial charge is 0.122 e. The maximum absolute atomic E-state index is 5.76. The third kappa shape index (κ3) is 2.12. The molecule has 0 amide bonds. The molecule has 0 fully saturated rings. The van der Waals surface area contributed by atoms with E-state index in [0.717, 1.165) is 16.3 Å². The molecule has 0 radical (unpaired) electrons. The number of rotatable bonds is 2.